The Labute approximate surface area is 176 Å². The lowest BCUT2D eigenvalue weighted by Gasteiger charge is -2.22. The van der Waals surface area contributed by atoms with E-state index in [4.69, 9.17) is 4.74 Å². The van der Waals surface area contributed by atoms with Crippen molar-refractivity contribution >= 4 is 11.8 Å². The van der Waals surface area contributed by atoms with Crippen LogP contribution in [0.15, 0.2) is 54.6 Å². The lowest BCUT2D eigenvalue weighted by molar-refractivity contribution is -0.134. The first kappa shape index (κ1) is 21.9. The highest BCUT2D eigenvalue weighted by Crippen LogP contribution is 2.28. The molecular weight excluding hydrogens is 385 g/mol. The van der Waals surface area contributed by atoms with Crippen molar-refractivity contribution in [2.45, 2.75) is 18.5 Å². The van der Waals surface area contributed by atoms with Crippen LogP contribution in [0.2, 0.25) is 0 Å². The summed E-state index contributed by atoms with van der Waals surface area (Å²) in [6, 6.07) is 16.0. The first-order valence-electron chi connectivity index (χ1n) is 10.00. The van der Waals surface area contributed by atoms with Gasteiger partial charge in [0.25, 0.3) is 0 Å². The Kier molecular flexibility index (Phi) is 7.54. The number of ether oxygens (including phenoxy) is 1. The van der Waals surface area contributed by atoms with Crippen molar-refractivity contribution in [3.05, 3.63) is 71.5 Å². The minimum atomic E-state index is -0.332. The summed E-state index contributed by atoms with van der Waals surface area (Å²) in [5, 5.41) is 3.05. The Bertz CT molecular complexity index is 862. The van der Waals surface area contributed by atoms with Crippen molar-refractivity contribution in [1.82, 2.24) is 15.1 Å². The molecule has 0 spiro atoms. The Hall–Kier alpha value is -2.77. The van der Waals surface area contributed by atoms with Crippen molar-refractivity contribution in [3.8, 4) is 0 Å². The maximum absolute atomic E-state index is 13.8. The summed E-state index contributed by atoms with van der Waals surface area (Å²) in [6.45, 7) is 1.66. The van der Waals surface area contributed by atoms with E-state index in [9.17, 15) is 14.0 Å². The van der Waals surface area contributed by atoms with Gasteiger partial charge in [-0.05, 0) is 30.3 Å². The average molecular weight is 413 g/mol. The van der Waals surface area contributed by atoms with Crippen molar-refractivity contribution in [2.24, 2.45) is 0 Å². The highest BCUT2D eigenvalue weighted by atomic mass is 19.1. The molecule has 1 aliphatic rings. The summed E-state index contributed by atoms with van der Waals surface area (Å²) >= 11 is 0. The van der Waals surface area contributed by atoms with Crippen LogP contribution in [0.1, 0.15) is 17.0 Å². The van der Waals surface area contributed by atoms with Gasteiger partial charge in [0.05, 0.1) is 12.6 Å². The van der Waals surface area contributed by atoms with Crippen molar-refractivity contribution in [2.75, 3.05) is 40.4 Å². The summed E-state index contributed by atoms with van der Waals surface area (Å²) in [4.78, 5) is 28.6. The summed E-state index contributed by atoms with van der Waals surface area (Å²) in [5.41, 5.74) is 1.90. The molecule has 2 atom stereocenters. The summed E-state index contributed by atoms with van der Waals surface area (Å²) in [6.07, 6.45) is 0. The van der Waals surface area contributed by atoms with E-state index in [1.54, 1.807) is 11.0 Å². The molecule has 30 heavy (non-hydrogen) atoms. The van der Waals surface area contributed by atoms with Crippen LogP contribution in [0.4, 0.5) is 4.39 Å². The van der Waals surface area contributed by atoms with Gasteiger partial charge in [0.2, 0.25) is 11.8 Å². The SMILES string of the molecule is COCC(=O)N1C[C@@H](NC(=O)CN(C)Cc2ccccc2)[C@H](c2cccc(F)c2)C1. The Balaban J connectivity index is 1.65. The number of likely N-dealkylation sites (N-methyl/N-ethyl adjacent to an activating group) is 1. The number of nitrogens with one attached hydrogen (secondary N) is 1. The summed E-state index contributed by atoms with van der Waals surface area (Å²) in [7, 11) is 3.36. The molecule has 2 aromatic rings. The van der Waals surface area contributed by atoms with Gasteiger partial charge in [0.15, 0.2) is 0 Å². The van der Waals surface area contributed by atoms with Gasteiger partial charge in [-0.3, -0.25) is 14.5 Å². The predicted molar refractivity (Wildman–Crippen MR) is 112 cm³/mol. The second kappa shape index (κ2) is 10.3. The molecule has 0 saturated carbocycles. The molecule has 1 saturated heterocycles. The molecule has 1 N–H and O–H groups in total. The van der Waals surface area contributed by atoms with Crippen molar-refractivity contribution < 1.29 is 18.7 Å². The zero-order valence-corrected chi connectivity index (χ0v) is 17.4. The smallest absolute Gasteiger partial charge is 0.248 e. The predicted octanol–water partition coefficient (Wildman–Crippen LogP) is 2.01. The van der Waals surface area contributed by atoms with E-state index in [1.165, 1.54) is 19.2 Å². The zero-order valence-electron chi connectivity index (χ0n) is 17.4. The molecule has 6 nitrogen and oxygen atoms in total. The number of carbonyl (C=O) groups excluding carboxylic acids is 2. The number of rotatable bonds is 8. The molecule has 2 amide bonds. The molecule has 3 rings (SSSR count). The molecular formula is C23H28FN3O3. The molecule has 0 aliphatic carbocycles. The number of halogens is 1. The van der Waals surface area contributed by atoms with Gasteiger partial charge in [-0.2, -0.15) is 0 Å². The van der Waals surface area contributed by atoms with Crippen molar-refractivity contribution in [3.63, 3.8) is 0 Å². The van der Waals surface area contributed by atoms with E-state index >= 15 is 0 Å². The largest absolute Gasteiger partial charge is 0.375 e. The van der Waals surface area contributed by atoms with Gasteiger partial charge in [-0.1, -0.05) is 42.5 Å². The van der Waals surface area contributed by atoms with Gasteiger partial charge >= 0.3 is 0 Å². The molecule has 0 aromatic heterocycles. The highest BCUT2D eigenvalue weighted by Gasteiger charge is 2.37. The third kappa shape index (κ3) is 5.87. The normalized spacial score (nSPS) is 18.6. The van der Waals surface area contributed by atoms with Crippen molar-refractivity contribution in [1.29, 1.82) is 0 Å². The van der Waals surface area contributed by atoms with E-state index in [1.807, 2.05) is 48.3 Å². The van der Waals surface area contributed by atoms with Crippen LogP contribution in [0.25, 0.3) is 0 Å². The first-order valence-corrected chi connectivity index (χ1v) is 10.00. The Morgan fingerprint density at radius 2 is 1.93 bits per heavy atom. The molecule has 0 bridgehead atoms. The van der Waals surface area contributed by atoms with Crippen LogP contribution >= 0.6 is 0 Å². The van der Waals surface area contributed by atoms with Gasteiger partial charge in [-0.15, -0.1) is 0 Å². The average Bonchev–Trinajstić information content (AvgIpc) is 3.12. The molecule has 1 heterocycles. The standard InChI is InChI=1S/C23H28FN3O3/c1-26(12-17-7-4-3-5-8-17)15-22(28)25-21-14-27(23(29)16-30-2)13-20(21)18-9-6-10-19(24)11-18/h3-11,20-21H,12-16H2,1-2H3,(H,25,28)/t20-,21+/m0/s1. The number of hydrogen-bond donors (Lipinski definition) is 1. The monoisotopic (exact) mass is 413 g/mol. The molecule has 2 aromatic carbocycles. The third-order valence-corrected chi connectivity index (χ3v) is 5.27. The van der Waals surface area contributed by atoms with Crippen LogP contribution in [-0.2, 0) is 20.9 Å². The fraction of sp³-hybridized carbons (Fsp3) is 0.391. The first-order chi connectivity index (χ1) is 14.5. The zero-order chi connectivity index (χ0) is 21.5. The molecule has 1 aliphatic heterocycles. The summed E-state index contributed by atoms with van der Waals surface area (Å²) < 4.78 is 18.7. The van der Waals surface area contributed by atoms with Crippen LogP contribution in [0, 0.1) is 5.82 Å². The third-order valence-electron chi connectivity index (χ3n) is 5.27. The van der Waals surface area contributed by atoms with E-state index < -0.39 is 0 Å². The maximum Gasteiger partial charge on any atom is 0.248 e. The molecule has 0 unspecified atom stereocenters. The molecule has 7 heteroatoms. The highest BCUT2D eigenvalue weighted by molar-refractivity contribution is 5.80. The topological polar surface area (TPSA) is 61.9 Å². The number of amides is 2. The van der Waals surface area contributed by atoms with E-state index in [0.29, 0.717) is 19.6 Å². The molecule has 1 fully saturated rings. The maximum atomic E-state index is 13.8. The number of methoxy groups -OCH3 is 1. The van der Waals surface area contributed by atoms with Crippen LogP contribution in [-0.4, -0.2) is 68.1 Å². The van der Waals surface area contributed by atoms with Gasteiger partial charge in [0.1, 0.15) is 12.4 Å². The second-order valence-corrected chi connectivity index (χ2v) is 7.73. The van der Waals surface area contributed by atoms with Gasteiger partial charge < -0.3 is 15.0 Å². The lowest BCUT2D eigenvalue weighted by Crippen LogP contribution is -2.44. The van der Waals surface area contributed by atoms with Crippen LogP contribution in [0.5, 0.6) is 0 Å². The van der Waals surface area contributed by atoms with Gasteiger partial charge in [-0.25, -0.2) is 4.39 Å². The quantitative estimate of drug-likeness (QED) is 0.719. The molecule has 0 radical (unpaired) electrons. The fourth-order valence-corrected chi connectivity index (χ4v) is 3.89. The number of benzene rings is 2. The van der Waals surface area contributed by atoms with Crippen LogP contribution < -0.4 is 5.32 Å². The second-order valence-electron chi connectivity index (χ2n) is 7.73. The Morgan fingerprint density at radius 1 is 1.17 bits per heavy atom. The number of likely N-dealkylation sites (tertiary alicyclic amines) is 1. The van der Waals surface area contributed by atoms with E-state index in [-0.39, 0.29) is 42.7 Å². The minimum absolute atomic E-state index is 0.0175. The Morgan fingerprint density at radius 3 is 2.63 bits per heavy atom. The fourth-order valence-electron chi connectivity index (χ4n) is 3.89. The summed E-state index contributed by atoms with van der Waals surface area (Å²) in [5.74, 6) is -0.774. The minimum Gasteiger partial charge on any atom is -0.375 e. The number of carbonyl (C=O) groups is 2. The van der Waals surface area contributed by atoms with Gasteiger partial charge in [0, 0.05) is 32.7 Å². The number of hydrogen-bond acceptors (Lipinski definition) is 4. The molecule has 160 valence electrons. The number of nitrogens with zero attached hydrogens (tertiary/aromatic N) is 2. The lowest BCUT2D eigenvalue weighted by atomic mass is 9.94. The van der Waals surface area contributed by atoms with E-state index in [0.717, 1.165) is 11.1 Å². The van der Waals surface area contributed by atoms with Crippen LogP contribution in [0.3, 0.4) is 0 Å². The van der Waals surface area contributed by atoms with E-state index in [2.05, 4.69) is 5.32 Å².